The summed E-state index contributed by atoms with van der Waals surface area (Å²) in [4.78, 5) is 37.9. The zero-order valence-corrected chi connectivity index (χ0v) is 41.4. The van der Waals surface area contributed by atoms with Crippen LogP contribution in [-0.4, -0.2) is 37.2 Å². The Hall–Kier alpha value is -2.37. The molecule has 0 aliphatic heterocycles. The Balaban J connectivity index is 4.19. The van der Waals surface area contributed by atoms with Crippen LogP contribution in [0.4, 0.5) is 0 Å². The zero-order chi connectivity index (χ0) is 45.1. The number of hydrogen-bond donors (Lipinski definition) is 0. The lowest BCUT2D eigenvalue weighted by Gasteiger charge is -2.18. The lowest BCUT2D eigenvalue weighted by Crippen LogP contribution is -2.30. The Labute approximate surface area is 385 Å². The summed E-state index contributed by atoms with van der Waals surface area (Å²) in [5, 5.41) is 0. The standard InChI is InChI=1S/C56H102O6/c1-4-7-10-13-16-19-22-23-24-25-26-27-28-29-30-31-32-33-35-37-40-43-46-49-55(58)61-52-53(51-60-54(57)48-45-42-39-36-21-18-15-12-9-6-3)62-56(59)50-47-44-41-38-34-20-17-14-11-8-5-2/h12,15,22-23,25-26,53H,4-11,13-14,16-21,24,27-52H2,1-3H3/b15-12-,23-22-,26-25-. The Kier molecular flexibility index (Phi) is 49.3. The minimum atomic E-state index is -0.771. The maximum Gasteiger partial charge on any atom is 0.306 e. The second-order valence-electron chi connectivity index (χ2n) is 18.1. The molecule has 0 aliphatic rings. The molecule has 0 aromatic carbocycles. The predicted molar refractivity (Wildman–Crippen MR) is 266 cm³/mol. The van der Waals surface area contributed by atoms with Crippen LogP contribution in [0.25, 0.3) is 0 Å². The van der Waals surface area contributed by atoms with Gasteiger partial charge in [0.05, 0.1) is 0 Å². The highest BCUT2D eigenvalue weighted by Crippen LogP contribution is 2.16. The molecule has 0 spiro atoms. The van der Waals surface area contributed by atoms with Crippen molar-refractivity contribution >= 4 is 17.9 Å². The van der Waals surface area contributed by atoms with Gasteiger partial charge in [0, 0.05) is 19.3 Å². The number of ether oxygens (including phenoxy) is 3. The van der Waals surface area contributed by atoms with Gasteiger partial charge in [-0.2, -0.15) is 0 Å². The maximum atomic E-state index is 12.7. The van der Waals surface area contributed by atoms with Gasteiger partial charge in [0.15, 0.2) is 6.10 Å². The normalized spacial score (nSPS) is 12.2. The molecule has 0 fully saturated rings. The molecule has 1 unspecified atom stereocenters. The number of carbonyl (C=O) groups is 3. The van der Waals surface area contributed by atoms with Gasteiger partial charge < -0.3 is 14.2 Å². The van der Waals surface area contributed by atoms with E-state index in [0.29, 0.717) is 19.3 Å². The fraction of sp³-hybridized carbons (Fsp3) is 0.839. The van der Waals surface area contributed by atoms with Crippen molar-refractivity contribution in [2.75, 3.05) is 13.2 Å². The van der Waals surface area contributed by atoms with Crippen LogP contribution in [0.3, 0.4) is 0 Å². The van der Waals surface area contributed by atoms with Crippen molar-refractivity contribution in [3.05, 3.63) is 36.5 Å². The predicted octanol–water partition coefficient (Wildman–Crippen LogP) is 17.7. The highest BCUT2D eigenvalue weighted by atomic mass is 16.6. The van der Waals surface area contributed by atoms with Crippen LogP contribution >= 0.6 is 0 Å². The Morgan fingerprint density at radius 2 is 0.613 bits per heavy atom. The molecule has 0 bridgehead atoms. The van der Waals surface area contributed by atoms with Crippen LogP contribution < -0.4 is 0 Å². The molecule has 0 aliphatic carbocycles. The SMILES string of the molecule is CCC/C=C\CCCCCCCC(=O)OCC(COC(=O)CCCCCCCCCCCCC/C=C\C/C=C\CCCCCCC)OC(=O)CCCCCCCCCCCCC. The molecule has 0 heterocycles. The smallest absolute Gasteiger partial charge is 0.306 e. The fourth-order valence-corrected chi connectivity index (χ4v) is 7.77. The second kappa shape index (κ2) is 51.3. The molecular formula is C56H102O6. The van der Waals surface area contributed by atoms with Gasteiger partial charge >= 0.3 is 17.9 Å². The zero-order valence-electron chi connectivity index (χ0n) is 41.4. The van der Waals surface area contributed by atoms with Gasteiger partial charge in [-0.15, -0.1) is 0 Å². The molecule has 6 heteroatoms. The third kappa shape index (κ3) is 48.7. The maximum absolute atomic E-state index is 12.7. The van der Waals surface area contributed by atoms with E-state index in [4.69, 9.17) is 14.2 Å². The molecule has 6 nitrogen and oxygen atoms in total. The van der Waals surface area contributed by atoms with Crippen molar-refractivity contribution in [1.29, 1.82) is 0 Å². The first-order valence-electron chi connectivity index (χ1n) is 27.0. The van der Waals surface area contributed by atoms with Gasteiger partial charge in [-0.25, -0.2) is 0 Å². The number of rotatable bonds is 49. The average Bonchev–Trinajstić information content (AvgIpc) is 3.27. The van der Waals surface area contributed by atoms with Crippen LogP contribution in [0.1, 0.15) is 284 Å². The van der Waals surface area contributed by atoms with Crippen molar-refractivity contribution in [3.63, 3.8) is 0 Å². The van der Waals surface area contributed by atoms with E-state index in [2.05, 4.69) is 57.2 Å². The quantitative estimate of drug-likeness (QED) is 0.0262. The Bertz CT molecular complexity index is 1050. The summed E-state index contributed by atoms with van der Waals surface area (Å²) < 4.78 is 16.8. The van der Waals surface area contributed by atoms with E-state index in [-0.39, 0.29) is 31.1 Å². The van der Waals surface area contributed by atoms with Crippen LogP contribution in [-0.2, 0) is 28.6 Å². The van der Waals surface area contributed by atoms with Crippen LogP contribution in [0, 0.1) is 0 Å². The summed E-state index contributed by atoms with van der Waals surface area (Å²) >= 11 is 0. The van der Waals surface area contributed by atoms with Crippen LogP contribution in [0.15, 0.2) is 36.5 Å². The highest BCUT2D eigenvalue weighted by molar-refractivity contribution is 5.71. The molecule has 0 aromatic rings. The summed E-state index contributed by atoms with van der Waals surface area (Å²) in [6, 6.07) is 0. The first-order chi connectivity index (χ1) is 30.5. The summed E-state index contributed by atoms with van der Waals surface area (Å²) in [6.45, 7) is 6.57. The van der Waals surface area contributed by atoms with Gasteiger partial charge in [-0.1, -0.05) is 231 Å². The van der Waals surface area contributed by atoms with Gasteiger partial charge in [0.1, 0.15) is 13.2 Å². The average molecular weight is 871 g/mol. The number of unbranched alkanes of at least 4 members (excludes halogenated alkanes) is 32. The third-order valence-corrected chi connectivity index (χ3v) is 11.8. The molecule has 0 amide bonds. The number of esters is 3. The summed E-state index contributed by atoms with van der Waals surface area (Å²) in [5.74, 6) is -0.877. The first kappa shape index (κ1) is 59.6. The Morgan fingerprint density at radius 1 is 0.323 bits per heavy atom. The van der Waals surface area contributed by atoms with Gasteiger partial charge in [-0.3, -0.25) is 14.4 Å². The summed E-state index contributed by atoms with van der Waals surface area (Å²) in [6.07, 6.45) is 60.0. The molecule has 362 valence electrons. The van der Waals surface area contributed by atoms with Crippen molar-refractivity contribution < 1.29 is 28.6 Å². The van der Waals surface area contributed by atoms with E-state index in [1.165, 1.54) is 167 Å². The Morgan fingerprint density at radius 3 is 0.968 bits per heavy atom. The van der Waals surface area contributed by atoms with Gasteiger partial charge in [-0.05, 0) is 70.6 Å². The molecule has 0 aromatic heterocycles. The molecular weight excluding hydrogens is 769 g/mol. The van der Waals surface area contributed by atoms with Crippen LogP contribution in [0.5, 0.6) is 0 Å². The molecule has 0 rings (SSSR count). The number of hydrogen-bond acceptors (Lipinski definition) is 6. The minimum Gasteiger partial charge on any atom is -0.462 e. The van der Waals surface area contributed by atoms with Crippen molar-refractivity contribution in [3.8, 4) is 0 Å². The summed E-state index contributed by atoms with van der Waals surface area (Å²) in [7, 11) is 0. The van der Waals surface area contributed by atoms with Crippen molar-refractivity contribution in [2.24, 2.45) is 0 Å². The van der Waals surface area contributed by atoms with E-state index < -0.39 is 6.10 Å². The second-order valence-corrected chi connectivity index (χ2v) is 18.1. The van der Waals surface area contributed by atoms with E-state index in [0.717, 1.165) is 77.0 Å². The molecule has 0 saturated carbocycles. The van der Waals surface area contributed by atoms with Gasteiger partial charge in [0.2, 0.25) is 0 Å². The monoisotopic (exact) mass is 871 g/mol. The molecule has 0 N–H and O–H groups in total. The minimum absolute atomic E-state index is 0.0729. The van der Waals surface area contributed by atoms with E-state index in [9.17, 15) is 14.4 Å². The summed E-state index contributed by atoms with van der Waals surface area (Å²) in [5.41, 5.74) is 0. The first-order valence-corrected chi connectivity index (χ1v) is 27.0. The van der Waals surface area contributed by atoms with E-state index in [1.807, 2.05) is 0 Å². The fourth-order valence-electron chi connectivity index (χ4n) is 7.77. The number of carbonyl (C=O) groups excluding carboxylic acids is 3. The lowest BCUT2D eigenvalue weighted by molar-refractivity contribution is -0.167. The molecule has 1 atom stereocenters. The molecule has 62 heavy (non-hydrogen) atoms. The van der Waals surface area contributed by atoms with E-state index >= 15 is 0 Å². The van der Waals surface area contributed by atoms with Crippen molar-refractivity contribution in [2.45, 2.75) is 290 Å². The third-order valence-electron chi connectivity index (χ3n) is 11.8. The van der Waals surface area contributed by atoms with Crippen LogP contribution in [0.2, 0.25) is 0 Å². The van der Waals surface area contributed by atoms with Gasteiger partial charge in [0.25, 0.3) is 0 Å². The largest absolute Gasteiger partial charge is 0.462 e. The lowest BCUT2D eigenvalue weighted by atomic mass is 10.0. The van der Waals surface area contributed by atoms with E-state index in [1.54, 1.807) is 0 Å². The number of allylic oxidation sites excluding steroid dienone is 6. The molecule has 0 radical (unpaired) electrons. The molecule has 0 saturated heterocycles. The highest BCUT2D eigenvalue weighted by Gasteiger charge is 2.19. The topological polar surface area (TPSA) is 78.9 Å². The van der Waals surface area contributed by atoms with Crippen molar-refractivity contribution in [1.82, 2.24) is 0 Å².